The maximum atomic E-state index is 4.59. The predicted molar refractivity (Wildman–Crippen MR) is 210 cm³/mol. The van der Waals surface area contributed by atoms with Crippen LogP contribution in [0.15, 0.2) is 146 Å². The first-order valence-electron chi connectivity index (χ1n) is 18.2. The van der Waals surface area contributed by atoms with E-state index in [9.17, 15) is 0 Å². The molecule has 52 heavy (non-hydrogen) atoms. The quantitative estimate of drug-likeness (QED) is 0.0728. The molecule has 262 valence electrons. The first kappa shape index (κ1) is 35.0. The second kappa shape index (κ2) is 18.2. The third-order valence-electron chi connectivity index (χ3n) is 9.41. The molecule has 0 fully saturated rings. The van der Waals surface area contributed by atoms with Crippen LogP contribution in [0.4, 0.5) is 0 Å². The summed E-state index contributed by atoms with van der Waals surface area (Å²) in [7, 11) is 0. The van der Waals surface area contributed by atoms with Gasteiger partial charge >= 0.3 is 0 Å². The van der Waals surface area contributed by atoms with Gasteiger partial charge in [-0.2, -0.15) is 0 Å². The Morgan fingerprint density at radius 2 is 0.654 bits per heavy atom. The molecule has 0 bridgehead atoms. The van der Waals surface area contributed by atoms with E-state index >= 15 is 0 Å². The molecular weight excluding hydrogens is 641 g/mol. The van der Waals surface area contributed by atoms with Gasteiger partial charge in [-0.25, -0.2) is 0 Å². The van der Waals surface area contributed by atoms with Crippen LogP contribution in [-0.4, -0.2) is 55.9 Å². The number of benzene rings is 3. The number of hydrogen-bond acceptors (Lipinski definition) is 8. The van der Waals surface area contributed by atoms with Crippen molar-refractivity contribution in [2.24, 2.45) is 0 Å². The molecular formula is C44H46N8. The van der Waals surface area contributed by atoms with Crippen molar-refractivity contribution in [3.8, 4) is 0 Å². The topological polar surface area (TPSA) is 82.1 Å². The summed E-state index contributed by atoms with van der Waals surface area (Å²) in [5.74, 6) is 0. The van der Waals surface area contributed by atoms with E-state index in [0.717, 1.165) is 88.2 Å². The molecule has 0 aliphatic rings. The van der Waals surface area contributed by atoms with Crippen LogP contribution in [0.5, 0.6) is 0 Å². The molecule has 0 saturated heterocycles. The highest BCUT2D eigenvalue weighted by Crippen LogP contribution is 2.33. The van der Waals surface area contributed by atoms with E-state index in [1.807, 2.05) is 49.1 Å². The van der Waals surface area contributed by atoms with Crippen molar-refractivity contribution in [2.75, 3.05) is 26.2 Å². The Kier molecular flexibility index (Phi) is 12.3. The van der Waals surface area contributed by atoms with Crippen molar-refractivity contribution in [3.63, 3.8) is 0 Å². The molecule has 0 amide bonds. The molecule has 0 aliphatic heterocycles. The van der Waals surface area contributed by atoms with Crippen LogP contribution in [-0.2, 0) is 39.3 Å². The van der Waals surface area contributed by atoms with Gasteiger partial charge in [0.1, 0.15) is 0 Å². The molecule has 4 heterocycles. The maximum absolute atomic E-state index is 4.59. The molecule has 0 atom stereocenters. The number of rotatable bonds is 18. The lowest BCUT2D eigenvalue weighted by Gasteiger charge is -2.23. The van der Waals surface area contributed by atoms with Crippen LogP contribution in [0.1, 0.15) is 33.9 Å². The van der Waals surface area contributed by atoms with Crippen molar-refractivity contribution in [2.45, 2.75) is 39.3 Å². The molecule has 0 saturated carbocycles. The number of fused-ring (bicyclic) bond motifs is 2. The molecule has 8 nitrogen and oxygen atoms in total. The summed E-state index contributed by atoms with van der Waals surface area (Å²) in [6.45, 7) is 8.11. The van der Waals surface area contributed by atoms with Crippen molar-refractivity contribution in [1.82, 2.24) is 40.4 Å². The smallest absolute Gasteiger partial charge is 0.0544 e. The predicted octanol–water partition coefficient (Wildman–Crippen LogP) is 7.16. The Balaban J connectivity index is 1.03. The lowest BCUT2D eigenvalue weighted by Crippen LogP contribution is -2.32. The monoisotopic (exact) mass is 686 g/mol. The Morgan fingerprint density at radius 3 is 0.923 bits per heavy atom. The van der Waals surface area contributed by atoms with Gasteiger partial charge in [-0.15, -0.1) is 0 Å². The van der Waals surface area contributed by atoms with Gasteiger partial charge in [-0.3, -0.25) is 29.7 Å². The largest absolute Gasteiger partial charge is 0.311 e. The molecule has 4 aromatic heterocycles. The van der Waals surface area contributed by atoms with Gasteiger partial charge in [0, 0.05) is 90.2 Å². The first-order valence-corrected chi connectivity index (χ1v) is 18.2. The van der Waals surface area contributed by atoms with Crippen molar-refractivity contribution in [1.29, 1.82) is 0 Å². The average Bonchev–Trinajstić information content (AvgIpc) is 3.20. The molecule has 0 aliphatic carbocycles. The van der Waals surface area contributed by atoms with Gasteiger partial charge in [-0.05, 0) is 81.2 Å². The van der Waals surface area contributed by atoms with E-state index in [1.165, 1.54) is 32.7 Å². The van der Waals surface area contributed by atoms with Crippen LogP contribution in [0, 0.1) is 0 Å². The van der Waals surface area contributed by atoms with Gasteiger partial charge in [0.15, 0.2) is 0 Å². The fourth-order valence-electron chi connectivity index (χ4n) is 6.90. The summed E-state index contributed by atoms with van der Waals surface area (Å²) in [6.07, 6.45) is 7.46. The normalized spacial score (nSPS) is 11.6. The third-order valence-corrected chi connectivity index (χ3v) is 9.41. The second-order valence-electron chi connectivity index (χ2n) is 13.1. The molecule has 7 rings (SSSR count). The van der Waals surface area contributed by atoms with Crippen LogP contribution >= 0.6 is 0 Å². The van der Waals surface area contributed by atoms with Gasteiger partial charge in [-0.1, -0.05) is 72.8 Å². The van der Waals surface area contributed by atoms with E-state index in [-0.39, 0.29) is 0 Å². The van der Waals surface area contributed by atoms with E-state index in [0.29, 0.717) is 0 Å². The van der Waals surface area contributed by atoms with E-state index < -0.39 is 0 Å². The molecule has 7 aromatic rings. The minimum absolute atomic E-state index is 0.775. The molecule has 3 aromatic carbocycles. The SMILES string of the molecule is c1ccc(CN(CCNCc2c3ccccc3c(CNCCN(Cc3ccccn3)Cc3ccccn3)c3ccccc23)Cc2ccccn2)nc1. The molecule has 0 spiro atoms. The fourth-order valence-corrected chi connectivity index (χ4v) is 6.90. The van der Waals surface area contributed by atoms with Crippen molar-refractivity contribution >= 4 is 21.5 Å². The number of aromatic nitrogens is 4. The zero-order valence-electron chi connectivity index (χ0n) is 29.6. The number of hydrogen-bond donors (Lipinski definition) is 2. The van der Waals surface area contributed by atoms with E-state index in [1.54, 1.807) is 0 Å². The summed E-state index contributed by atoms with van der Waals surface area (Å²) < 4.78 is 0. The highest BCUT2D eigenvalue weighted by molar-refractivity contribution is 6.05. The van der Waals surface area contributed by atoms with Crippen molar-refractivity contribution < 1.29 is 0 Å². The maximum Gasteiger partial charge on any atom is 0.0544 e. The van der Waals surface area contributed by atoms with E-state index in [2.05, 4.69) is 137 Å². The van der Waals surface area contributed by atoms with Crippen LogP contribution in [0.2, 0.25) is 0 Å². The summed E-state index contributed by atoms with van der Waals surface area (Å²) >= 11 is 0. The Bertz CT molecular complexity index is 1820. The summed E-state index contributed by atoms with van der Waals surface area (Å²) in [6, 6.07) is 42.2. The van der Waals surface area contributed by atoms with Crippen LogP contribution in [0.3, 0.4) is 0 Å². The van der Waals surface area contributed by atoms with Gasteiger partial charge < -0.3 is 10.6 Å². The Hall–Kier alpha value is -5.38. The second-order valence-corrected chi connectivity index (χ2v) is 13.1. The standard InChI is InChI=1S/C44H46N8/c1-2-18-40-39(17-1)43(29-45-25-27-51(31-35-13-5-9-21-47-35)32-36-14-6-10-22-48-36)41-19-3-4-20-42(41)44(40)30-46-26-28-52(33-37-15-7-11-23-49-37)34-38-16-8-12-24-50-38/h1-24,45-46H,25-34H2. The highest BCUT2D eigenvalue weighted by Gasteiger charge is 2.15. The summed E-state index contributed by atoms with van der Waals surface area (Å²) in [5, 5.41) is 12.8. The molecule has 0 radical (unpaired) electrons. The zero-order chi connectivity index (χ0) is 35.2. The minimum Gasteiger partial charge on any atom is -0.311 e. The number of pyridine rings is 4. The number of nitrogens with one attached hydrogen (secondary N) is 2. The van der Waals surface area contributed by atoms with Crippen molar-refractivity contribution in [3.05, 3.63) is 180 Å². The molecule has 2 N–H and O–H groups in total. The van der Waals surface area contributed by atoms with Gasteiger partial charge in [0.25, 0.3) is 0 Å². The third kappa shape index (κ3) is 9.48. The van der Waals surface area contributed by atoms with Crippen LogP contribution < -0.4 is 10.6 Å². The highest BCUT2D eigenvalue weighted by atomic mass is 15.2. The average molecular weight is 687 g/mol. The minimum atomic E-state index is 0.775. The number of nitrogens with zero attached hydrogens (tertiary/aromatic N) is 6. The zero-order valence-corrected chi connectivity index (χ0v) is 29.6. The fraction of sp³-hybridized carbons (Fsp3) is 0.227. The van der Waals surface area contributed by atoms with Gasteiger partial charge in [0.2, 0.25) is 0 Å². The Morgan fingerprint density at radius 1 is 0.365 bits per heavy atom. The summed E-state index contributed by atoms with van der Waals surface area (Å²) in [4.78, 5) is 23.2. The first-order chi connectivity index (χ1) is 25.8. The Labute approximate surface area is 306 Å². The van der Waals surface area contributed by atoms with E-state index in [4.69, 9.17) is 0 Å². The van der Waals surface area contributed by atoms with Gasteiger partial charge in [0.05, 0.1) is 22.8 Å². The molecule has 0 unspecified atom stereocenters. The lowest BCUT2D eigenvalue weighted by molar-refractivity contribution is 0.250. The van der Waals surface area contributed by atoms with Crippen LogP contribution in [0.25, 0.3) is 21.5 Å². The summed E-state index contributed by atoms with van der Waals surface area (Å²) in [5.41, 5.74) is 6.94. The molecule has 8 heteroatoms. The lowest BCUT2D eigenvalue weighted by atomic mass is 9.91.